The van der Waals surface area contributed by atoms with Crippen LogP contribution in [0.1, 0.15) is 11.1 Å². The number of hydrogen-bond donors (Lipinski definition) is 1. The third-order valence-corrected chi connectivity index (χ3v) is 3.06. The van der Waals surface area contributed by atoms with Crippen LogP contribution in [-0.4, -0.2) is 5.11 Å². The summed E-state index contributed by atoms with van der Waals surface area (Å²) in [5.41, 5.74) is 1.48. The SMILES string of the molecule is Cc1ccc(F)cc1Oc1ccc(Br)cc1CO. The summed E-state index contributed by atoms with van der Waals surface area (Å²) in [6.45, 7) is 1.70. The van der Waals surface area contributed by atoms with E-state index in [1.54, 1.807) is 18.2 Å². The van der Waals surface area contributed by atoms with E-state index in [1.165, 1.54) is 12.1 Å². The lowest BCUT2D eigenvalue weighted by Crippen LogP contribution is -1.94. The van der Waals surface area contributed by atoms with Gasteiger partial charge in [0.25, 0.3) is 0 Å². The van der Waals surface area contributed by atoms with Crippen molar-refractivity contribution < 1.29 is 14.2 Å². The molecular formula is C14H12BrFO2. The second-order valence-electron chi connectivity index (χ2n) is 3.92. The van der Waals surface area contributed by atoms with Crippen LogP contribution in [0.5, 0.6) is 11.5 Å². The summed E-state index contributed by atoms with van der Waals surface area (Å²) >= 11 is 3.32. The first-order chi connectivity index (χ1) is 8.60. The normalized spacial score (nSPS) is 10.4. The van der Waals surface area contributed by atoms with Crippen LogP contribution in [0.25, 0.3) is 0 Å². The van der Waals surface area contributed by atoms with E-state index in [0.29, 0.717) is 17.1 Å². The number of aryl methyl sites for hydroxylation is 1. The zero-order valence-electron chi connectivity index (χ0n) is 9.78. The van der Waals surface area contributed by atoms with Gasteiger partial charge in [0.2, 0.25) is 0 Å². The van der Waals surface area contributed by atoms with Crippen LogP contribution >= 0.6 is 15.9 Å². The molecule has 0 amide bonds. The molecule has 2 aromatic rings. The third-order valence-electron chi connectivity index (χ3n) is 2.56. The molecule has 0 bridgehead atoms. The average molecular weight is 311 g/mol. The van der Waals surface area contributed by atoms with E-state index in [1.807, 2.05) is 13.0 Å². The maximum atomic E-state index is 13.2. The molecule has 0 fully saturated rings. The maximum Gasteiger partial charge on any atom is 0.133 e. The number of halogens is 2. The van der Waals surface area contributed by atoms with Crippen molar-refractivity contribution in [3.8, 4) is 11.5 Å². The Balaban J connectivity index is 2.36. The molecule has 1 N–H and O–H groups in total. The summed E-state index contributed by atoms with van der Waals surface area (Å²) in [4.78, 5) is 0. The molecular weight excluding hydrogens is 299 g/mol. The van der Waals surface area contributed by atoms with E-state index in [0.717, 1.165) is 10.0 Å². The van der Waals surface area contributed by atoms with Crippen LogP contribution in [0.3, 0.4) is 0 Å². The Labute approximate surface area is 113 Å². The zero-order valence-corrected chi connectivity index (χ0v) is 11.4. The van der Waals surface area contributed by atoms with Gasteiger partial charge in [-0.2, -0.15) is 0 Å². The highest BCUT2D eigenvalue weighted by atomic mass is 79.9. The molecule has 0 saturated carbocycles. The van der Waals surface area contributed by atoms with Gasteiger partial charge in [0.15, 0.2) is 0 Å². The van der Waals surface area contributed by atoms with Crippen molar-refractivity contribution in [2.24, 2.45) is 0 Å². The zero-order chi connectivity index (χ0) is 13.1. The second kappa shape index (κ2) is 5.50. The van der Waals surface area contributed by atoms with E-state index in [-0.39, 0.29) is 12.4 Å². The summed E-state index contributed by atoms with van der Waals surface area (Å²) in [5.74, 6) is 0.625. The van der Waals surface area contributed by atoms with Crippen LogP contribution in [0, 0.1) is 12.7 Å². The molecule has 0 aromatic heterocycles. The highest BCUT2D eigenvalue weighted by Gasteiger charge is 2.08. The maximum absolute atomic E-state index is 13.2. The second-order valence-corrected chi connectivity index (χ2v) is 4.84. The minimum absolute atomic E-state index is 0.136. The first-order valence-corrected chi connectivity index (χ1v) is 6.23. The minimum Gasteiger partial charge on any atom is -0.457 e. The lowest BCUT2D eigenvalue weighted by atomic mass is 10.2. The number of benzene rings is 2. The Bertz CT molecular complexity index is 570. The highest BCUT2D eigenvalue weighted by molar-refractivity contribution is 9.10. The molecule has 2 rings (SSSR count). The van der Waals surface area contributed by atoms with Crippen LogP contribution in [0.4, 0.5) is 4.39 Å². The van der Waals surface area contributed by atoms with Gasteiger partial charge in [-0.25, -0.2) is 4.39 Å². The molecule has 0 heterocycles. The molecule has 2 nitrogen and oxygen atoms in total. The van der Waals surface area contributed by atoms with Crippen LogP contribution in [0.2, 0.25) is 0 Å². The van der Waals surface area contributed by atoms with Crippen molar-refractivity contribution in [3.63, 3.8) is 0 Å². The van der Waals surface area contributed by atoms with Gasteiger partial charge < -0.3 is 9.84 Å². The first-order valence-electron chi connectivity index (χ1n) is 5.43. The third kappa shape index (κ3) is 2.89. The van der Waals surface area contributed by atoms with Crippen LogP contribution in [-0.2, 0) is 6.61 Å². The fourth-order valence-electron chi connectivity index (χ4n) is 1.57. The van der Waals surface area contributed by atoms with Gasteiger partial charge >= 0.3 is 0 Å². The van der Waals surface area contributed by atoms with E-state index in [2.05, 4.69) is 15.9 Å². The lowest BCUT2D eigenvalue weighted by molar-refractivity contribution is 0.276. The predicted octanol–water partition coefficient (Wildman–Crippen LogP) is 4.18. The average Bonchev–Trinajstić information content (AvgIpc) is 2.36. The van der Waals surface area contributed by atoms with E-state index in [4.69, 9.17) is 4.74 Å². The van der Waals surface area contributed by atoms with E-state index < -0.39 is 0 Å². The number of hydrogen-bond acceptors (Lipinski definition) is 2. The van der Waals surface area contributed by atoms with Gasteiger partial charge in [0.05, 0.1) is 6.61 Å². The summed E-state index contributed by atoms with van der Waals surface area (Å²) in [7, 11) is 0. The Hall–Kier alpha value is -1.39. The Morgan fingerprint density at radius 2 is 1.94 bits per heavy atom. The molecule has 0 radical (unpaired) electrons. The van der Waals surface area contributed by atoms with E-state index in [9.17, 15) is 9.50 Å². The predicted molar refractivity (Wildman–Crippen MR) is 71.3 cm³/mol. The molecule has 0 atom stereocenters. The van der Waals surface area contributed by atoms with Crippen LogP contribution < -0.4 is 4.74 Å². The fraction of sp³-hybridized carbons (Fsp3) is 0.143. The van der Waals surface area contributed by atoms with E-state index >= 15 is 0 Å². The fourth-order valence-corrected chi connectivity index (χ4v) is 1.98. The molecule has 0 aliphatic heterocycles. The summed E-state index contributed by atoms with van der Waals surface area (Å²) < 4.78 is 19.7. The molecule has 0 saturated heterocycles. The number of ether oxygens (including phenoxy) is 1. The van der Waals surface area contributed by atoms with Gasteiger partial charge in [-0.1, -0.05) is 22.0 Å². The van der Waals surface area contributed by atoms with Crippen molar-refractivity contribution in [2.75, 3.05) is 0 Å². The van der Waals surface area contributed by atoms with Gasteiger partial charge in [-0.05, 0) is 36.8 Å². The number of rotatable bonds is 3. The minimum atomic E-state index is -0.349. The van der Waals surface area contributed by atoms with Crippen LogP contribution in [0.15, 0.2) is 40.9 Å². The van der Waals surface area contributed by atoms with Crippen molar-refractivity contribution in [1.29, 1.82) is 0 Å². The van der Waals surface area contributed by atoms with Gasteiger partial charge in [0, 0.05) is 16.1 Å². The highest BCUT2D eigenvalue weighted by Crippen LogP contribution is 2.30. The molecule has 2 aromatic carbocycles. The van der Waals surface area contributed by atoms with Crippen molar-refractivity contribution in [3.05, 3.63) is 57.8 Å². The van der Waals surface area contributed by atoms with Crippen molar-refractivity contribution in [2.45, 2.75) is 13.5 Å². The molecule has 94 valence electrons. The lowest BCUT2D eigenvalue weighted by Gasteiger charge is -2.12. The largest absolute Gasteiger partial charge is 0.457 e. The molecule has 0 aliphatic rings. The Kier molecular flexibility index (Phi) is 3.99. The molecule has 0 aliphatic carbocycles. The van der Waals surface area contributed by atoms with Gasteiger partial charge in [-0.15, -0.1) is 0 Å². The Morgan fingerprint density at radius 1 is 1.17 bits per heavy atom. The quantitative estimate of drug-likeness (QED) is 0.921. The monoisotopic (exact) mass is 310 g/mol. The standard InChI is InChI=1S/C14H12BrFO2/c1-9-2-4-12(16)7-14(9)18-13-5-3-11(15)6-10(13)8-17/h2-7,17H,8H2,1H3. The molecule has 18 heavy (non-hydrogen) atoms. The smallest absolute Gasteiger partial charge is 0.133 e. The first kappa shape index (κ1) is 13.1. The van der Waals surface area contributed by atoms with Crippen molar-refractivity contribution in [1.82, 2.24) is 0 Å². The van der Waals surface area contributed by atoms with Crippen molar-refractivity contribution >= 4 is 15.9 Å². The summed E-state index contributed by atoms with van der Waals surface area (Å²) in [6.07, 6.45) is 0. The number of aliphatic hydroxyl groups excluding tert-OH is 1. The summed E-state index contributed by atoms with van der Waals surface area (Å²) in [6, 6.07) is 9.68. The molecule has 4 heteroatoms. The summed E-state index contributed by atoms with van der Waals surface area (Å²) in [5, 5.41) is 9.27. The topological polar surface area (TPSA) is 29.5 Å². The van der Waals surface area contributed by atoms with Gasteiger partial charge in [0.1, 0.15) is 17.3 Å². The molecule has 0 unspecified atom stereocenters. The number of aliphatic hydroxyl groups is 1. The van der Waals surface area contributed by atoms with Gasteiger partial charge in [-0.3, -0.25) is 0 Å². The molecule has 0 spiro atoms. The Morgan fingerprint density at radius 3 is 2.67 bits per heavy atom.